The summed E-state index contributed by atoms with van der Waals surface area (Å²) in [6, 6.07) is 0.586. The van der Waals surface area contributed by atoms with E-state index in [0.29, 0.717) is 4.57 Å². The van der Waals surface area contributed by atoms with Gasteiger partial charge in [0.15, 0.2) is 29.3 Å². The van der Waals surface area contributed by atoms with Crippen molar-refractivity contribution in [2.75, 3.05) is 31.3 Å². The third-order valence-electron chi connectivity index (χ3n) is 8.83. The summed E-state index contributed by atoms with van der Waals surface area (Å²) in [6.45, 7) is -1.64. The second kappa shape index (κ2) is 18.2. The van der Waals surface area contributed by atoms with Crippen LogP contribution in [-0.2, 0) is 18.6 Å². The molecule has 15 N–H and O–H groups in total. The SMILES string of the molecule is NC1=NC(Cl)N(O)C2C1N=CN2C(O)CCO.Nc1ccn(C2OC(CO)C(O)C2(F)F)c(=O)n1.Nc1nc(F)nc2c1ncn2C1OC(COP(=O)(O)O)C(O)C1O.[HH]. The van der Waals surface area contributed by atoms with Crippen molar-refractivity contribution in [2.45, 2.75) is 79.4 Å². The van der Waals surface area contributed by atoms with Crippen molar-refractivity contribution in [1.29, 1.82) is 0 Å². The molecule has 59 heavy (non-hydrogen) atoms. The van der Waals surface area contributed by atoms with Crippen LogP contribution in [0.5, 0.6) is 0 Å². The number of fused-ring (bicyclic) bond motifs is 2. The maximum absolute atomic E-state index is 13.7. The van der Waals surface area contributed by atoms with Gasteiger partial charge in [0.05, 0.1) is 25.9 Å². The number of anilines is 2. The fourth-order valence-electron chi connectivity index (χ4n) is 5.96. The number of nitrogen functional groups attached to an aromatic ring is 2. The molecule has 0 radical (unpaired) electrons. The number of hydroxylamine groups is 2. The minimum Gasteiger partial charge on any atom is -0.396 e. The third kappa shape index (κ3) is 9.71. The van der Waals surface area contributed by atoms with Crippen LogP contribution in [0.25, 0.3) is 11.2 Å². The average molecular weight is 894 g/mol. The zero-order chi connectivity index (χ0) is 43.7. The minimum absolute atomic E-state index is 0. The standard InChI is InChI=1S/C10H13FN5O7P.C9H11F2N3O4.C8H14ClN5O3.H2/c11-10-14-7(12)4-8(15-10)16(2-13-4)9-6(18)5(17)3(23-9)1-22-24(19,20)21;10-9(11)6(16)4(3-15)18-7(9)14-2-1-5(12)13-8(14)17;9-8-12-6(10)5-7(14(8)17)13(3-11-5)4(16)1-2-15;/h2-3,5-6,9,17-18H,1H2,(H2,12,14,15)(H2,19,20,21);1-2,4,6-7,15-16H,3H2,(H2,12,13,17);3-5,7-8,15-17H,1-2H2,(H2,10,12);1H. The van der Waals surface area contributed by atoms with Crippen LogP contribution in [0.4, 0.5) is 24.8 Å². The molecule has 7 heterocycles. The van der Waals surface area contributed by atoms with Gasteiger partial charge in [-0.15, -0.1) is 5.06 Å². The number of amidine groups is 1. The highest BCUT2D eigenvalue weighted by Crippen LogP contribution is 2.42. The Morgan fingerprint density at radius 1 is 1.07 bits per heavy atom. The van der Waals surface area contributed by atoms with Crippen molar-refractivity contribution in [2.24, 2.45) is 15.7 Å². The molecular formula is C27H40ClF3N13O14P. The van der Waals surface area contributed by atoms with Gasteiger partial charge in [-0.1, -0.05) is 11.6 Å². The number of alkyl halides is 3. The highest BCUT2D eigenvalue weighted by atomic mass is 35.5. The molecule has 0 aromatic carbocycles. The number of aliphatic imine (C=N–C) groups is 2. The monoisotopic (exact) mass is 893 g/mol. The Bertz CT molecular complexity index is 2130. The van der Waals surface area contributed by atoms with Gasteiger partial charge in [-0.25, -0.2) is 19.3 Å². The number of halogens is 4. The molecule has 2 fully saturated rings. The Morgan fingerprint density at radius 3 is 2.37 bits per heavy atom. The van der Waals surface area contributed by atoms with Gasteiger partial charge >= 0.3 is 25.5 Å². The summed E-state index contributed by atoms with van der Waals surface area (Å²) in [5, 5.41) is 67.3. The number of aliphatic hydroxyl groups is 6. The van der Waals surface area contributed by atoms with Crippen molar-refractivity contribution in [1.82, 2.24) is 39.0 Å². The number of ether oxygens (including phenoxy) is 2. The van der Waals surface area contributed by atoms with Crippen molar-refractivity contribution < 1.29 is 78.8 Å². The first-order valence-electron chi connectivity index (χ1n) is 16.7. The Balaban J connectivity index is 0.000000201. The van der Waals surface area contributed by atoms with Gasteiger partial charge in [0.2, 0.25) is 11.9 Å². The average Bonchev–Trinajstić information content (AvgIpc) is 3.91. The van der Waals surface area contributed by atoms with Crippen LogP contribution >= 0.6 is 19.4 Å². The molecular weight excluding hydrogens is 854 g/mol. The van der Waals surface area contributed by atoms with Crippen molar-refractivity contribution >= 4 is 54.4 Å². The van der Waals surface area contributed by atoms with E-state index in [1.165, 1.54) is 11.2 Å². The lowest BCUT2D eigenvalue weighted by Crippen LogP contribution is -2.60. The van der Waals surface area contributed by atoms with Gasteiger partial charge < -0.3 is 77.2 Å². The highest BCUT2D eigenvalue weighted by molar-refractivity contribution is 7.46. The first kappa shape index (κ1) is 45.8. The van der Waals surface area contributed by atoms with E-state index in [-0.39, 0.29) is 43.1 Å². The fraction of sp³-hybridized carbons (Fsp3) is 0.593. The summed E-state index contributed by atoms with van der Waals surface area (Å²) < 4.78 is 67.5. The molecule has 11 unspecified atom stereocenters. The highest BCUT2D eigenvalue weighted by Gasteiger charge is 2.59. The van der Waals surface area contributed by atoms with E-state index in [9.17, 15) is 48.2 Å². The zero-order valence-electron chi connectivity index (χ0n) is 29.7. The first-order valence-corrected chi connectivity index (χ1v) is 18.7. The molecule has 27 nitrogen and oxygen atoms in total. The van der Waals surface area contributed by atoms with E-state index in [2.05, 4.69) is 34.4 Å². The summed E-state index contributed by atoms with van der Waals surface area (Å²) >= 11 is 5.77. The minimum atomic E-state index is -4.78. The fourth-order valence-corrected chi connectivity index (χ4v) is 6.53. The van der Waals surface area contributed by atoms with Gasteiger partial charge in [0.25, 0.3) is 0 Å². The third-order valence-corrected chi connectivity index (χ3v) is 9.61. The van der Waals surface area contributed by atoms with E-state index in [1.54, 1.807) is 0 Å². The van der Waals surface area contributed by atoms with E-state index in [0.717, 1.165) is 28.2 Å². The van der Waals surface area contributed by atoms with E-state index >= 15 is 0 Å². The molecule has 3 aromatic heterocycles. The van der Waals surface area contributed by atoms with Crippen LogP contribution in [0.2, 0.25) is 0 Å². The van der Waals surface area contributed by atoms with Gasteiger partial charge in [0.1, 0.15) is 54.5 Å². The number of aromatic nitrogens is 6. The number of rotatable bonds is 9. The van der Waals surface area contributed by atoms with E-state index in [1.807, 2.05) is 0 Å². The number of aliphatic hydroxyl groups excluding tert-OH is 6. The molecule has 32 heteroatoms. The van der Waals surface area contributed by atoms with Crippen LogP contribution in [0, 0.1) is 6.08 Å². The zero-order valence-corrected chi connectivity index (χ0v) is 31.4. The predicted molar refractivity (Wildman–Crippen MR) is 191 cm³/mol. The van der Waals surface area contributed by atoms with Gasteiger partial charge in [0, 0.05) is 20.7 Å². The maximum atomic E-state index is 13.7. The van der Waals surface area contributed by atoms with Crippen molar-refractivity contribution in [3.8, 4) is 0 Å². The molecule has 4 aliphatic rings. The second-order valence-corrected chi connectivity index (χ2v) is 14.3. The van der Waals surface area contributed by atoms with Crippen molar-refractivity contribution in [3.63, 3.8) is 0 Å². The lowest BCUT2D eigenvalue weighted by molar-refractivity contribution is -0.188. The normalized spacial score (nSPS) is 30.7. The molecule has 2 saturated heterocycles. The molecule has 0 saturated carbocycles. The summed E-state index contributed by atoms with van der Waals surface area (Å²) in [7, 11) is -4.78. The number of hydrogen-bond donors (Lipinski definition) is 12. The van der Waals surface area contributed by atoms with Gasteiger partial charge in [-0.2, -0.15) is 28.1 Å². The van der Waals surface area contributed by atoms with Crippen LogP contribution in [0.15, 0.2) is 33.4 Å². The number of phosphoric ester groups is 1. The summed E-state index contributed by atoms with van der Waals surface area (Å²) in [4.78, 5) is 52.1. The Morgan fingerprint density at radius 2 is 1.76 bits per heavy atom. The van der Waals surface area contributed by atoms with Crippen LogP contribution in [-0.4, -0.2) is 177 Å². The Kier molecular flexibility index (Phi) is 14.1. The molecule has 0 spiro atoms. The molecule has 330 valence electrons. The molecule has 0 aliphatic carbocycles. The molecule has 7 rings (SSSR count). The Labute approximate surface area is 333 Å². The number of nitrogens with zero attached hydrogens (tertiary/aromatic N) is 10. The quantitative estimate of drug-likeness (QED) is 0.0417. The predicted octanol–water partition coefficient (Wildman–Crippen LogP) is -4.46. The van der Waals surface area contributed by atoms with Crippen LogP contribution in [0.3, 0.4) is 0 Å². The van der Waals surface area contributed by atoms with E-state index < -0.39 is 106 Å². The first-order chi connectivity index (χ1) is 27.6. The number of hydrogen-bond acceptors (Lipinski definition) is 23. The summed E-state index contributed by atoms with van der Waals surface area (Å²) in [6.07, 6.45) is -10.3. The van der Waals surface area contributed by atoms with Crippen LogP contribution in [0.1, 0.15) is 20.3 Å². The van der Waals surface area contributed by atoms with Gasteiger partial charge in [-0.3, -0.25) is 18.7 Å². The second-order valence-electron chi connectivity index (χ2n) is 12.7. The molecule has 0 bridgehead atoms. The molecule has 11 atom stereocenters. The van der Waals surface area contributed by atoms with E-state index in [4.69, 9.17) is 58.3 Å². The number of nitrogens with two attached hydrogens (primary N) is 3. The maximum Gasteiger partial charge on any atom is 0.469 e. The molecule has 3 aromatic rings. The van der Waals surface area contributed by atoms with Crippen molar-refractivity contribution in [3.05, 3.63) is 35.2 Å². The largest absolute Gasteiger partial charge is 0.469 e. The smallest absolute Gasteiger partial charge is 0.396 e. The molecule has 4 aliphatic heterocycles. The summed E-state index contributed by atoms with van der Waals surface area (Å²) in [5.41, 5.74) is 14.4. The lowest BCUT2D eigenvalue weighted by Gasteiger charge is -2.39. The molecule has 0 amide bonds. The lowest BCUT2D eigenvalue weighted by atomic mass is 10.1. The Hall–Kier alpha value is -4.24. The topological polar surface area (TPSA) is 415 Å². The summed E-state index contributed by atoms with van der Waals surface area (Å²) in [5.74, 6) is -3.84. The van der Waals surface area contributed by atoms with Crippen LogP contribution < -0.4 is 22.9 Å². The van der Waals surface area contributed by atoms with Gasteiger partial charge in [-0.05, 0) is 6.07 Å². The number of imidazole rings is 1. The number of phosphoric acid groups is 1.